The number of hydrogen-bond acceptors (Lipinski definition) is 6. The van der Waals surface area contributed by atoms with Gasteiger partial charge in [0.25, 0.3) is 5.56 Å². The Morgan fingerprint density at radius 1 is 1.00 bits per heavy atom. The van der Waals surface area contributed by atoms with Crippen molar-refractivity contribution in [3.63, 3.8) is 0 Å². The van der Waals surface area contributed by atoms with Gasteiger partial charge in [0, 0.05) is 35.5 Å². The zero-order chi connectivity index (χ0) is 26.1. The first-order valence-electron chi connectivity index (χ1n) is 12.6. The van der Waals surface area contributed by atoms with Crippen molar-refractivity contribution < 1.29 is 0 Å². The fourth-order valence-corrected chi connectivity index (χ4v) is 4.90. The average molecular weight is 502 g/mol. The Balaban J connectivity index is 1.46. The molecule has 0 bridgehead atoms. The van der Waals surface area contributed by atoms with E-state index in [4.69, 9.17) is 10.7 Å². The fourth-order valence-electron chi connectivity index (χ4n) is 4.90. The van der Waals surface area contributed by atoms with Crippen molar-refractivity contribution in [3.8, 4) is 11.4 Å². The van der Waals surface area contributed by atoms with Gasteiger partial charge in [-0.3, -0.25) is 9.36 Å². The standard InChI is InChI=1S/C30H27N7O/c1-20-14-17-37-26(35-36-28(37)25-18-32-19-33-29(25)38)13-12-24(21-6-3-2-4-7-21)27(34-20)22-8-10-23(11-9-22)30(31)15-5-16-30/h2-4,6-12,14,17-19H,1,5,13,15-16,31H2,(H,32,33,38)/b17-14-,24-12-,34-27?. The van der Waals surface area contributed by atoms with Crippen LogP contribution in [0.15, 0.2) is 101 Å². The van der Waals surface area contributed by atoms with Crippen molar-refractivity contribution in [3.05, 3.63) is 124 Å². The number of aromatic nitrogens is 5. The maximum absolute atomic E-state index is 12.4. The van der Waals surface area contributed by atoms with Gasteiger partial charge in [-0.05, 0) is 36.5 Å². The SMILES string of the molecule is C=C1/C=C\n2c(nnc2-c2cnc[nH]c2=O)C/C=C(/c2ccccc2)C(c2ccc(C3(N)CCC3)cc2)=N1. The zero-order valence-electron chi connectivity index (χ0n) is 20.8. The lowest BCUT2D eigenvalue weighted by molar-refractivity contribution is 0.253. The molecule has 4 aromatic rings. The van der Waals surface area contributed by atoms with Gasteiger partial charge in [0.05, 0.1) is 17.7 Å². The molecule has 0 spiro atoms. The summed E-state index contributed by atoms with van der Waals surface area (Å²) in [6.45, 7) is 4.19. The molecule has 188 valence electrons. The predicted octanol–water partition coefficient (Wildman–Crippen LogP) is 4.48. The van der Waals surface area contributed by atoms with Crippen molar-refractivity contribution in [1.82, 2.24) is 24.7 Å². The largest absolute Gasteiger partial charge is 0.321 e. The number of H-pyrrole nitrogens is 1. The van der Waals surface area contributed by atoms with E-state index < -0.39 is 0 Å². The number of benzene rings is 2. The number of aliphatic imine (C=N–C) groups is 1. The van der Waals surface area contributed by atoms with Crippen molar-refractivity contribution in [2.24, 2.45) is 10.7 Å². The number of rotatable bonds is 4. The zero-order valence-corrected chi connectivity index (χ0v) is 20.8. The highest BCUT2D eigenvalue weighted by molar-refractivity contribution is 6.32. The van der Waals surface area contributed by atoms with Crippen molar-refractivity contribution in [2.75, 3.05) is 0 Å². The van der Waals surface area contributed by atoms with Gasteiger partial charge >= 0.3 is 0 Å². The third kappa shape index (κ3) is 4.35. The van der Waals surface area contributed by atoms with Gasteiger partial charge in [0.15, 0.2) is 5.82 Å². The molecule has 6 rings (SSSR count). The molecular weight excluding hydrogens is 474 g/mol. The lowest BCUT2D eigenvalue weighted by atomic mass is 9.72. The molecular formula is C30H27N7O. The fraction of sp³-hybridized carbons (Fsp3) is 0.167. The summed E-state index contributed by atoms with van der Waals surface area (Å²) in [4.78, 5) is 24.0. The molecule has 2 aromatic heterocycles. The Morgan fingerprint density at radius 2 is 1.79 bits per heavy atom. The maximum atomic E-state index is 12.4. The van der Waals surface area contributed by atoms with Gasteiger partial charge in [0.2, 0.25) is 0 Å². The third-order valence-electron chi connectivity index (χ3n) is 7.20. The first-order chi connectivity index (χ1) is 18.5. The van der Waals surface area contributed by atoms with E-state index in [-0.39, 0.29) is 11.1 Å². The number of fused-ring (bicyclic) bond motifs is 1. The Morgan fingerprint density at radius 3 is 2.50 bits per heavy atom. The van der Waals surface area contributed by atoms with Crippen molar-refractivity contribution in [2.45, 2.75) is 31.2 Å². The minimum Gasteiger partial charge on any atom is -0.321 e. The van der Waals surface area contributed by atoms with Gasteiger partial charge < -0.3 is 10.7 Å². The third-order valence-corrected chi connectivity index (χ3v) is 7.20. The molecule has 0 radical (unpaired) electrons. The highest BCUT2D eigenvalue weighted by atomic mass is 16.1. The topological polar surface area (TPSA) is 115 Å². The summed E-state index contributed by atoms with van der Waals surface area (Å²) in [5.74, 6) is 1.08. The molecule has 0 amide bonds. The van der Waals surface area contributed by atoms with Crippen LogP contribution in [0.3, 0.4) is 0 Å². The molecule has 38 heavy (non-hydrogen) atoms. The van der Waals surface area contributed by atoms with E-state index in [1.165, 1.54) is 18.9 Å². The first kappa shape index (κ1) is 23.7. The van der Waals surface area contributed by atoms with Gasteiger partial charge in [-0.15, -0.1) is 10.2 Å². The number of aromatic amines is 1. The summed E-state index contributed by atoms with van der Waals surface area (Å²) < 4.78 is 1.78. The Hall–Kier alpha value is -4.69. The van der Waals surface area contributed by atoms with E-state index in [0.717, 1.165) is 40.8 Å². The smallest absolute Gasteiger partial charge is 0.261 e. The monoisotopic (exact) mass is 501 g/mol. The van der Waals surface area contributed by atoms with Gasteiger partial charge in [-0.25, -0.2) is 9.98 Å². The highest BCUT2D eigenvalue weighted by Crippen LogP contribution is 2.39. The first-order valence-corrected chi connectivity index (χ1v) is 12.6. The van der Waals surface area contributed by atoms with E-state index in [1.807, 2.05) is 18.2 Å². The molecule has 1 aliphatic carbocycles. The highest BCUT2D eigenvalue weighted by Gasteiger charge is 2.34. The molecule has 8 heteroatoms. The number of nitrogens with zero attached hydrogens (tertiary/aromatic N) is 5. The number of nitrogens with one attached hydrogen (secondary N) is 1. The summed E-state index contributed by atoms with van der Waals surface area (Å²) in [7, 11) is 0. The second-order valence-corrected chi connectivity index (χ2v) is 9.65. The van der Waals surface area contributed by atoms with Crippen LogP contribution >= 0.6 is 0 Å². The Bertz CT molecular complexity index is 1650. The average Bonchev–Trinajstić information content (AvgIpc) is 3.33. The molecule has 3 heterocycles. The second-order valence-electron chi connectivity index (χ2n) is 9.65. The summed E-state index contributed by atoms with van der Waals surface area (Å²) in [6, 6.07) is 18.6. The van der Waals surface area contributed by atoms with E-state index in [2.05, 4.69) is 69.2 Å². The number of allylic oxidation sites excluding steroid dienone is 3. The molecule has 1 saturated carbocycles. The van der Waals surface area contributed by atoms with Crippen molar-refractivity contribution >= 4 is 17.5 Å². The number of hydrogen-bond donors (Lipinski definition) is 2. The summed E-state index contributed by atoms with van der Waals surface area (Å²) in [5, 5.41) is 8.72. The van der Waals surface area contributed by atoms with Gasteiger partial charge in [-0.2, -0.15) is 0 Å². The summed E-state index contributed by atoms with van der Waals surface area (Å²) >= 11 is 0. The van der Waals surface area contributed by atoms with E-state index >= 15 is 0 Å². The predicted molar refractivity (Wildman–Crippen MR) is 149 cm³/mol. The molecule has 2 aromatic carbocycles. The van der Waals surface area contributed by atoms with Crippen LogP contribution in [0.1, 0.15) is 41.8 Å². The maximum Gasteiger partial charge on any atom is 0.261 e. The molecule has 0 unspecified atom stereocenters. The molecule has 8 nitrogen and oxygen atoms in total. The summed E-state index contributed by atoms with van der Waals surface area (Å²) in [6.07, 6.45) is 12.2. The normalized spacial score (nSPS) is 18.9. The van der Waals surface area contributed by atoms with Crippen LogP contribution in [-0.4, -0.2) is 30.4 Å². The number of nitrogens with two attached hydrogens (primary N) is 1. The Labute approximate surface area is 220 Å². The summed E-state index contributed by atoms with van der Waals surface area (Å²) in [5.41, 5.74) is 11.9. The van der Waals surface area contributed by atoms with E-state index in [9.17, 15) is 4.79 Å². The molecule has 3 N–H and O–H groups in total. The second kappa shape index (κ2) is 9.64. The molecule has 0 atom stereocenters. The Kier molecular flexibility index (Phi) is 6.01. The molecule has 1 fully saturated rings. The lowest BCUT2D eigenvalue weighted by Crippen LogP contribution is -2.43. The van der Waals surface area contributed by atoms with Crippen LogP contribution in [0.25, 0.3) is 23.2 Å². The lowest BCUT2D eigenvalue weighted by Gasteiger charge is -2.38. The van der Waals surface area contributed by atoms with Crippen LogP contribution in [0.2, 0.25) is 0 Å². The quantitative estimate of drug-likeness (QED) is 0.428. The van der Waals surface area contributed by atoms with Crippen LogP contribution < -0.4 is 11.3 Å². The van der Waals surface area contributed by atoms with Gasteiger partial charge in [0.1, 0.15) is 11.4 Å². The molecule has 0 saturated heterocycles. The van der Waals surface area contributed by atoms with E-state index in [1.54, 1.807) is 16.8 Å². The minimum absolute atomic E-state index is 0.223. The van der Waals surface area contributed by atoms with Crippen molar-refractivity contribution in [1.29, 1.82) is 0 Å². The minimum atomic E-state index is -0.287. The molecule has 1 aliphatic heterocycles. The van der Waals surface area contributed by atoms with Crippen LogP contribution in [0, 0.1) is 0 Å². The van der Waals surface area contributed by atoms with Crippen LogP contribution in [-0.2, 0) is 12.0 Å². The van der Waals surface area contributed by atoms with Crippen LogP contribution in [0.4, 0.5) is 0 Å². The molecule has 2 aliphatic rings. The van der Waals surface area contributed by atoms with E-state index in [0.29, 0.717) is 29.3 Å². The van der Waals surface area contributed by atoms with Crippen LogP contribution in [0.5, 0.6) is 0 Å². The van der Waals surface area contributed by atoms with Gasteiger partial charge in [-0.1, -0.05) is 67.3 Å².